The summed E-state index contributed by atoms with van der Waals surface area (Å²) in [7, 11) is 0. The molecule has 5 nitrogen and oxygen atoms in total. The van der Waals surface area contributed by atoms with E-state index in [0.717, 1.165) is 16.5 Å². The van der Waals surface area contributed by atoms with Crippen LogP contribution in [0.5, 0.6) is 0 Å². The highest BCUT2D eigenvalue weighted by Gasteiger charge is 2.41. The van der Waals surface area contributed by atoms with Gasteiger partial charge in [0.1, 0.15) is 0 Å². The first-order chi connectivity index (χ1) is 10.9. The highest BCUT2D eigenvalue weighted by Crippen LogP contribution is 2.30. The summed E-state index contributed by atoms with van der Waals surface area (Å²) in [5.74, 6) is -0.781. The lowest BCUT2D eigenvalue weighted by molar-refractivity contribution is -0.147. The Morgan fingerprint density at radius 1 is 1.39 bits per heavy atom. The minimum absolute atomic E-state index is 0.0389. The van der Waals surface area contributed by atoms with Crippen molar-refractivity contribution in [2.24, 2.45) is 5.41 Å². The molecule has 0 saturated carbocycles. The van der Waals surface area contributed by atoms with Crippen LogP contribution in [0.25, 0.3) is 10.9 Å². The number of carboxylic acids is 1. The van der Waals surface area contributed by atoms with E-state index < -0.39 is 11.4 Å². The number of aromatic nitrogens is 1. The second-order valence-corrected chi connectivity index (χ2v) is 6.74. The number of aryl methyl sites for hydroxylation is 2. The van der Waals surface area contributed by atoms with E-state index >= 15 is 0 Å². The van der Waals surface area contributed by atoms with Gasteiger partial charge in [-0.3, -0.25) is 9.59 Å². The molecule has 5 heteroatoms. The monoisotopic (exact) mass is 314 g/mol. The smallest absolute Gasteiger partial charge is 0.311 e. The van der Waals surface area contributed by atoms with Gasteiger partial charge in [-0.05, 0) is 37.8 Å². The molecule has 0 radical (unpaired) electrons. The number of carbonyl (C=O) groups excluding carboxylic acids is 1. The van der Waals surface area contributed by atoms with Crippen LogP contribution in [0.15, 0.2) is 24.4 Å². The van der Waals surface area contributed by atoms with Gasteiger partial charge in [0.15, 0.2) is 0 Å². The van der Waals surface area contributed by atoms with Crippen molar-refractivity contribution in [2.75, 3.05) is 13.1 Å². The Hall–Kier alpha value is -2.30. The maximum atomic E-state index is 12.4. The number of benzene rings is 1. The largest absolute Gasteiger partial charge is 0.481 e. The van der Waals surface area contributed by atoms with Gasteiger partial charge >= 0.3 is 5.97 Å². The molecule has 0 spiro atoms. The molecular formula is C18H22N2O3. The number of aromatic amines is 1. The third-order valence-electron chi connectivity index (χ3n) is 4.96. The number of rotatable bonds is 4. The number of hydrogen-bond acceptors (Lipinski definition) is 2. The molecule has 1 atom stereocenters. The van der Waals surface area contributed by atoms with E-state index in [2.05, 4.69) is 24.0 Å². The molecule has 1 aromatic carbocycles. The number of H-pyrrole nitrogens is 1. The molecule has 2 N–H and O–H groups in total. The first-order valence-electron chi connectivity index (χ1n) is 7.97. The highest BCUT2D eigenvalue weighted by atomic mass is 16.4. The van der Waals surface area contributed by atoms with E-state index in [0.29, 0.717) is 32.4 Å². The number of para-hydroxylation sites is 1. The summed E-state index contributed by atoms with van der Waals surface area (Å²) >= 11 is 0. The normalized spacial score (nSPS) is 21.0. The van der Waals surface area contributed by atoms with E-state index in [1.54, 1.807) is 11.8 Å². The van der Waals surface area contributed by atoms with Gasteiger partial charge in [0.25, 0.3) is 0 Å². The van der Waals surface area contributed by atoms with Crippen molar-refractivity contribution < 1.29 is 14.7 Å². The van der Waals surface area contributed by atoms with Crippen LogP contribution in [0.3, 0.4) is 0 Å². The molecule has 0 bridgehead atoms. The lowest BCUT2D eigenvalue weighted by atomic mass is 9.90. The molecule has 0 aliphatic carbocycles. The fourth-order valence-electron chi connectivity index (χ4n) is 3.32. The van der Waals surface area contributed by atoms with E-state index in [1.165, 1.54) is 5.56 Å². The zero-order valence-corrected chi connectivity index (χ0v) is 13.6. The summed E-state index contributed by atoms with van der Waals surface area (Å²) in [6.45, 7) is 4.62. The minimum Gasteiger partial charge on any atom is -0.481 e. The van der Waals surface area contributed by atoms with Gasteiger partial charge in [0.2, 0.25) is 5.91 Å². The van der Waals surface area contributed by atoms with Crippen LogP contribution in [0, 0.1) is 12.3 Å². The van der Waals surface area contributed by atoms with Crippen LogP contribution in [-0.2, 0) is 16.0 Å². The number of carboxylic acid groups (broad SMARTS) is 1. The van der Waals surface area contributed by atoms with Crippen LogP contribution in [-0.4, -0.2) is 40.0 Å². The first-order valence-corrected chi connectivity index (χ1v) is 7.97. The maximum Gasteiger partial charge on any atom is 0.311 e. The van der Waals surface area contributed by atoms with E-state index in [4.69, 9.17) is 0 Å². The van der Waals surface area contributed by atoms with Crippen LogP contribution in [0.2, 0.25) is 0 Å². The standard InChI is InChI=1S/C18H22N2O3/c1-12-4-3-5-14-13(10-19-16(12)14)6-7-15(21)20-9-8-18(2,11-20)17(22)23/h3-5,10,19H,6-9,11H2,1-2H3,(H,22,23). The summed E-state index contributed by atoms with van der Waals surface area (Å²) in [6, 6.07) is 6.15. The van der Waals surface area contributed by atoms with Crippen molar-refractivity contribution in [3.05, 3.63) is 35.5 Å². The number of carbonyl (C=O) groups is 2. The van der Waals surface area contributed by atoms with Crippen molar-refractivity contribution >= 4 is 22.8 Å². The minimum atomic E-state index is -0.820. The van der Waals surface area contributed by atoms with Crippen LogP contribution < -0.4 is 0 Å². The Labute approximate surface area is 135 Å². The predicted molar refractivity (Wildman–Crippen MR) is 88.3 cm³/mol. The Bertz CT molecular complexity index is 765. The van der Waals surface area contributed by atoms with Gasteiger partial charge in [-0.25, -0.2) is 0 Å². The first kappa shape index (κ1) is 15.6. The van der Waals surface area contributed by atoms with E-state index in [-0.39, 0.29) is 5.91 Å². The number of fused-ring (bicyclic) bond motifs is 1. The lowest BCUT2D eigenvalue weighted by Gasteiger charge is -2.20. The molecule has 2 aromatic rings. The molecule has 1 fully saturated rings. The van der Waals surface area contributed by atoms with Crippen molar-refractivity contribution in [3.63, 3.8) is 0 Å². The quantitative estimate of drug-likeness (QED) is 0.911. The molecule has 1 amide bonds. The summed E-state index contributed by atoms with van der Waals surface area (Å²) in [5.41, 5.74) is 2.65. The number of hydrogen-bond donors (Lipinski definition) is 2. The molecule has 2 heterocycles. The maximum absolute atomic E-state index is 12.4. The number of amides is 1. The second-order valence-electron chi connectivity index (χ2n) is 6.74. The average Bonchev–Trinajstić information content (AvgIpc) is 3.11. The van der Waals surface area contributed by atoms with Gasteiger partial charge in [0.05, 0.1) is 5.41 Å². The predicted octanol–water partition coefficient (Wildman–Crippen LogP) is 2.73. The number of likely N-dealkylation sites (tertiary alicyclic amines) is 1. The fraction of sp³-hybridized carbons (Fsp3) is 0.444. The van der Waals surface area contributed by atoms with Crippen LogP contribution in [0.1, 0.15) is 30.9 Å². The van der Waals surface area contributed by atoms with Crippen LogP contribution in [0.4, 0.5) is 0 Å². The molecule has 3 rings (SSSR count). The Kier molecular flexibility index (Phi) is 3.88. The molecule has 1 aliphatic heterocycles. The molecule has 23 heavy (non-hydrogen) atoms. The van der Waals surface area contributed by atoms with Gasteiger partial charge in [-0.15, -0.1) is 0 Å². The topological polar surface area (TPSA) is 73.4 Å². The van der Waals surface area contributed by atoms with Crippen molar-refractivity contribution in [3.8, 4) is 0 Å². The lowest BCUT2D eigenvalue weighted by Crippen LogP contribution is -2.34. The third-order valence-corrected chi connectivity index (χ3v) is 4.96. The molecule has 1 unspecified atom stereocenters. The zero-order valence-electron chi connectivity index (χ0n) is 13.6. The Morgan fingerprint density at radius 2 is 2.17 bits per heavy atom. The van der Waals surface area contributed by atoms with Crippen molar-refractivity contribution in [1.29, 1.82) is 0 Å². The Morgan fingerprint density at radius 3 is 2.87 bits per heavy atom. The number of nitrogens with zero attached hydrogens (tertiary/aromatic N) is 1. The fourth-order valence-corrected chi connectivity index (χ4v) is 3.32. The van der Waals surface area contributed by atoms with Gasteiger partial charge in [-0.2, -0.15) is 0 Å². The third kappa shape index (κ3) is 2.83. The molecule has 1 saturated heterocycles. The second kappa shape index (κ2) is 5.72. The Balaban J connectivity index is 1.65. The summed E-state index contributed by atoms with van der Waals surface area (Å²) in [6.07, 6.45) is 3.58. The number of nitrogens with one attached hydrogen (secondary N) is 1. The average molecular weight is 314 g/mol. The SMILES string of the molecule is Cc1cccc2c(CCC(=O)N3CCC(C)(C(=O)O)C3)c[nH]c12. The van der Waals surface area contributed by atoms with Crippen molar-refractivity contribution in [1.82, 2.24) is 9.88 Å². The summed E-state index contributed by atoms with van der Waals surface area (Å²) < 4.78 is 0. The van der Waals surface area contributed by atoms with E-state index in [1.807, 2.05) is 12.3 Å². The molecule has 1 aromatic heterocycles. The van der Waals surface area contributed by atoms with Gasteiger partial charge < -0.3 is 15.0 Å². The summed E-state index contributed by atoms with van der Waals surface area (Å²) in [5, 5.41) is 10.4. The highest BCUT2D eigenvalue weighted by molar-refractivity contribution is 5.87. The number of aliphatic carboxylic acids is 1. The van der Waals surface area contributed by atoms with Crippen LogP contribution >= 0.6 is 0 Å². The van der Waals surface area contributed by atoms with Crippen molar-refractivity contribution in [2.45, 2.75) is 33.1 Å². The van der Waals surface area contributed by atoms with Gasteiger partial charge in [-0.1, -0.05) is 18.2 Å². The van der Waals surface area contributed by atoms with E-state index in [9.17, 15) is 14.7 Å². The molecular weight excluding hydrogens is 292 g/mol. The molecule has 1 aliphatic rings. The molecule has 122 valence electrons. The summed E-state index contributed by atoms with van der Waals surface area (Å²) in [4.78, 5) is 28.6. The van der Waals surface area contributed by atoms with Gasteiger partial charge in [0, 0.05) is 36.6 Å². The zero-order chi connectivity index (χ0) is 16.6.